The summed E-state index contributed by atoms with van der Waals surface area (Å²) in [6.07, 6.45) is 5.22. The van der Waals surface area contributed by atoms with Crippen molar-refractivity contribution in [2.45, 2.75) is 0 Å². The summed E-state index contributed by atoms with van der Waals surface area (Å²) in [4.78, 5) is 22.5. The Balaban J connectivity index is 2.11. The van der Waals surface area contributed by atoms with Gasteiger partial charge >= 0.3 is 5.97 Å². The molecule has 0 spiro atoms. The minimum Gasteiger partial charge on any atom is -0.508 e. The smallest absolute Gasteiger partial charge is 0.328 e. The van der Waals surface area contributed by atoms with Crippen molar-refractivity contribution in [3.8, 4) is 11.5 Å². The number of phenols is 2. The molecule has 0 bridgehead atoms. The van der Waals surface area contributed by atoms with Gasteiger partial charge in [0, 0.05) is 23.3 Å². The lowest BCUT2D eigenvalue weighted by Crippen LogP contribution is -1.94. The van der Waals surface area contributed by atoms with Crippen molar-refractivity contribution in [2.24, 2.45) is 0 Å². The van der Waals surface area contributed by atoms with Crippen LogP contribution in [0.2, 0.25) is 0 Å². The van der Waals surface area contributed by atoms with Crippen LogP contribution >= 0.6 is 0 Å². The number of ketones is 1. The van der Waals surface area contributed by atoms with E-state index < -0.39 is 5.97 Å². The number of allylic oxidation sites excluding steroid dienone is 1. The lowest BCUT2D eigenvalue weighted by molar-refractivity contribution is -0.131. The number of phenolic OH excluding ortho intramolecular Hbond substituents is 2. The van der Waals surface area contributed by atoms with Gasteiger partial charge in [0.15, 0.2) is 5.78 Å². The van der Waals surface area contributed by atoms with Crippen LogP contribution in [0.25, 0.3) is 12.2 Å². The van der Waals surface area contributed by atoms with Gasteiger partial charge in [0.1, 0.15) is 11.5 Å². The average molecular weight is 310 g/mol. The summed E-state index contributed by atoms with van der Waals surface area (Å²) in [5.74, 6) is -1.48. The first-order valence-corrected chi connectivity index (χ1v) is 6.71. The Morgan fingerprint density at radius 2 is 1.57 bits per heavy atom. The SMILES string of the molecule is O=C(O)/C=C/c1ccc(C(=O)/C=C/c2ccc(O)cc2O)cc1. The molecule has 23 heavy (non-hydrogen) atoms. The summed E-state index contributed by atoms with van der Waals surface area (Å²) in [6, 6.07) is 10.5. The summed E-state index contributed by atoms with van der Waals surface area (Å²) in [6.45, 7) is 0. The molecule has 0 aliphatic carbocycles. The van der Waals surface area contributed by atoms with Crippen molar-refractivity contribution in [1.82, 2.24) is 0 Å². The largest absolute Gasteiger partial charge is 0.508 e. The Labute approximate surface area is 132 Å². The van der Waals surface area contributed by atoms with E-state index in [0.29, 0.717) is 16.7 Å². The average Bonchev–Trinajstić information content (AvgIpc) is 2.52. The van der Waals surface area contributed by atoms with Crippen molar-refractivity contribution < 1.29 is 24.9 Å². The first kappa shape index (κ1) is 16.0. The van der Waals surface area contributed by atoms with E-state index in [1.165, 1.54) is 36.4 Å². The van der Waals surface area contributed by atoms with E-state index in [4.69, 9.17) is 5.11 Å². The molecule has 0 heterocycles. The second-order valence-corrected chi connectivity index (χ2v) is 4.73. The third-order valence-electron chi connectivity index (χ3n) is 3.04. The predicted molar refractivity (Wildman–Crippen MR) is 86.2 cm³/mol. The quantitative estimate of drug-likeness (QED) is 0.582. The van der Waals surface area contributed by atoms with E-state index in [9.17, 15) is 19.8 Å². The van der Waals surface area contributed by atoms with Crippen LogP contribution in [-0.4, -0.2) is 27.1 Å². The molecule has 0 fully saturated rings. The second kappa shape index (κ2) is 7.09. The number of hydrogen-bond donors (Lipinski definition) is 3. The highest BCUT2D eigenvalue weighted by atomic mass is 16.4. The molecule has 3 N–H and O–H groups in total. The Kier molecular flexibility index (Phi) is 4.94. The number of aromatic hydroxyl groups is 2. The van der Waals surface area contributed by atoms with Crippen LogP contribution in [0.15, 0.2) is 54.6 Å². The zero-order valence-electron chi connectivity index (χ0n) is 12.0. The molecule has 5 heteroatoms. The molecule has 0 aliphatic rings. The number of benzene rings is 2. The summed E-state index contributed by atoms with van der Waals surface area (Å²) in [7, 11) is 0. The molecule has 0 aromatic heterocycles. The van der Waals surface area contributed by atoms with Gasteiger partial charge in [0.05, 0.1) is 0 Å². The standard InChI is InChI=1S/C18H14O5/c19-15-8-6-14(17(21)11-15)7-9-16(20)13-4-1-12(2-5-13)3-10-18(22)23/h1-11,19,21H,(H,22,23)/b9-7+,10-3+. The van der Waals surface area contributed by atoms with Crippen LogP contribution in [0, 0.1) is 0 Å². The lowest BCUT2D eigenvalue weighted by atomic mass is 10.1. The van der Waals surface area contributed by atoms with Crippen LogP contribution in [0.5, 0.6) is 11.5 Å². The maximum atomic E-state index is 12.0. The molecule has 0 atom stereocenters. The molecular weight excluding hydrogens is 296 g/mol. The Bertz CT molecular complexity index is 786. The van der Waals surface area contributed by atoms with E-state index in [1.807, 2.05) is 0 Å². The first-order valence-electron chi connectivity index (χ1n) is 6.71. The van der Waals surface area contributed by atoms with Gasteiger partial charge in [-0.2, -0.15) is 0 Å². The van der Waals surface area contributed by atoms with Gasteiger partial charge < -0.3 is 15.3 Å². The van der Waals surface area contributed by atoms with Gasteiger partial charge in [0.2, 0.25) is 0 Å². The molecule has 2 aromatic carbocycles. The van der Waals surface area contributed by atoms with Crippen molar-refractivity contribution in [3.63, 3.8) is 0 Å². The van der Waals surface area contributed by atoms with Gasteiger partial charge in [-0.15, -0.1) is 0 Å². The highest BCUT2D eigenvalue weighted by Crippen LogP contribution is 2.23. The number of carboxylic acids is 1. The fourth-order valence-electron chi connectivity index (χ4n) is 1.86. The molecule has 0 saturated carbocycles. The highest BCUT2D eigenvalue weighted by molar-refractivity contribution is 6.07. The van der Waals surface area contributed by atoms with Crippen LogP contribution in [-0.2, 0) is 4.79 Å². The molecule has 0 unspecified atom stereocenters. The fraction of sp³-hybridized carbons (Fsp3) is 0. The Morgan fingerprint density at radius 1 is 0.870 bits per heavy atom. The second-order valence-electron chi connectivity index (χ2n) is 4.73. The van der Waals surface area contributed by atoms with E-state index in [-0.39, 0.29) is 17.3 Å². The van der Waals surface area contributed by atoms with Gasteiger partial charge in [0.25, 0.3) is 0 Å². The summed E-state index contributed by atoms with van der Waals surface area (Å²) < 4.78 is 0. The number of carbonyl (C=O) groups excluding carboxylic acids is 1. The van der Waals surface area contributed by atoms with E-state index in [2.05, 4.69) is 0 Å². The molecule has 2 aromatic rings. The maximum absolute atomic E-state index is 12.0. The van der Waals surface area contributed by atoms with Gasteiger partial charge in [-0.05, 0) is 35.9 Å². The molecule has 116 valence electrons. The lowest BCUT2D eigenvalue weighted by Gasteiger charge is -2.00. The zero-order chi connectivity index (χ0) is 16.8. The first-order chi connectivity index (χ1) is 11.0. The monoisotopic (exact) mass is 310 g/mol. The molecule has 0 aliphatic heterocycles. The Hall–Kier alpha value is -3.34. The van der Waals surface area contributed by atoms with Gasteiger partial charge in [-0.1, -0.05) is 24.3 Å². The van der Waals surface area contributed by atoms with E-state index in [1.54, 1.807) is 24.3 Å². The number of hydrogen-bond acceptors (Lipinski definition) is 4. The third-order valence-corrected chi connectivity index (χ3v) is 3.04. The molecule has 2 rings (SSSR count). The number of rotatable bonds is 5. The summed E-state index contributed by atoms with van der Waals surface area (Å²) in [5, 5.41) is 27.4. The summed E-state index contributed by atoms with van der Waals surface area (Å²) >= 11 is 0. The summed E-state index contributed by atoms with van der Waals surface area (Å²) in [5.41, 5.74) is 1.52. The topological polar surface area (TPSA) is 94.8 Å². The number of carbonyl (C=O) groups is 2. The predicted octanol–water partition coefficient (Wildman–Crippen LogP) is 3.09. The molecule has 5 nitrogen and oxygen atoms in total. The Morgan fingerprint density at radius 3 is 2.17 bits per heavy atom. The maximum Gasteiger partial charge on any atom is 0.328 e. The molecule has 0 amide bonds. The van der Waals surface area contributed by atoms with Crippen molar-refractivity contribution in [3.05, 3.63) is 71.3 Å². The van der Waals surface area contributed by atoms with Crippen LogP contribution in [0.1, 0.15) is 21.5 Å². The molecule has 0 radical (unpaired) electrons. The molecular formula is C18H14O5. The molecule has 0 saturated heterocycles. The minimum absolute atomic E-state index is 0.0593. The number of carboxylic acid groups (broad SMARTS) is 1. The van der Waals surface area contributed by atoms with Gasteiger partial charge in [-0.3, -0.25) is 4.79 Å². The fourth-order valence-corrected chi connectivity index (χ4v) is 1.86. The van der Waals surface area contributed by atoms with Crippen molar-refractivity contribution in [2.75, 3.05) is 0 Å². The third kappa shape index (κ3) is 4.57. The van der Waals surface area contributed by atoms with Crippen LogP contribution in [0.4, 0.5) is 0 Å². The normalized spacial score (nSPS) is 11.1. The highest BCUT2D eigenvalue weighted by Gasteiger charge is 2.03. The van der Waals surface area contributed by atoms with Gasteiger partial charge in [-0.25, -0.2) is 4.79 Å². The van der Waals surface area contributed by atoms with Crippen molar-refractivity contribution in [1.29, 1.82) is 0 Å². The van der Waals surface area contributed by atoms with Crippen LogP contribution < -0.4 is 0 Å². The van der Waals surface area contributed by atoms with Crippen LogP contribution in [0.3, 0.4) is 0 Å². The van der Waals surface area contributed by atoms with E-state index in [0.717, 1.165) is 6.08 Å². The number of aliphatic carboxylic acids is 1. The van der Waals surface area contributed by atoms with Crippen molar-refractivity contribution >= 4 is 23.9 Å². The van der Waals surface area contributed by atoms with E-state index >= 15 is 0 Å². The minimum atomic E-state index is -1.04. The zero-order valence-corrected chi connectivity index (χ0v) is 12.0.